The first-order chi connectivity index (χ1) is 12.2. The highest BCUT2D eigenvalue weighted by Crippen LogP contribution is 2.31. The highest BCUT2D eigenvalue weighted by atomic mass is 16.2. The highest BCUT2D eigenvalue weighted by Gasteiger charge is 2.25. The van der Waals surface area contributed by atoms with Crippen LogP contribution in [-0.4, -0.2) is 23.2 Å². The number of rotatable bonds is 5. The number of amides is 1. The molecule has 5 heteroatoms. The van der Waals surface area contributed by atoms with E-state index in [1.165, 1.54) is 51.0 Å². The van der Waals surface area contributed by atoms with Gasteiger partial charge in [-0.15, -0.1) is 0 Å². The Morgan fingerprint density at radius 3 is 2.64 bits per heavy atom. The van der Waals surface area contributed by atoms with Gasteiger partial charge in [0, 0.05) is 18.8 Å². The number of nitrogens with zero attached hydrogens (tertiary/aromatic N) is 1. The number of carbonyl (C=O) groups is 1. The smallest absolute Gasteiger partial charge is 0.253 e. The Balaban J connectivity index is 1.46. The van der Waals surface area contributed by atoms with Crippen molar-refractivity contribution in [1.29, 1.82) is 0 Å². The lowest BCUT2D eigenvalue weighted by atomic mass is 9.80. The van der Waals surface area contributed by atoms with Crippen molar-refractivity contribution in [2.75, 3.05) is 6.54 Å². The summed E-state index contributed by atoms with van der Waals surface area (Å²) in [6, 6.07) is 3.07. The molecule has 1 amide bonds. The van der Waals surface area contributed by atoms with Crippen molar-refractivity contribution in [3.05, 3.63) is 34.2 Å². The van der Waals surface area contributed by atoms with E-state index in [1.807, 2.05) is 6.92 Å². The molecule has 1 aromatic heterocycles. The fourth-order valence-corrected chi connectivity index (χ4v) is 4.29. The number of carbonyl (C=O) groups excluding carboxylic acids is 1. The van der Waals surface area contributed by atoms with Gasteiger partial charge in [0.2, 0.25) is 0 Å². The van der Waals surface area contributed by atoms with Gasteiger partial charge in [-0.3, -0.25) is 14.9 Å². The molecular weight excluding hydrogens is 314 g/mol. The van der Waals surface area contributed by atoms with Crippen LogP contribution in [0.5, 0.6) is 0 Å². The third-order valence-electron chi connectivity index (χ3n) is 5.80. The molecule has 2 N–H and O–H groups in total. The molecule has 138 valence electrons. The number of aryl methyl sites for hydroxylation is 1. The third kappa shape index (κ3) is 4.94. The summed E-state index contributed by atoms with van der Waals surface area (Å²) in [5, 5.41) is 6.56. The molecule has 1 saturated heterocycles. The molecule has 2 fully saturated rings. The van der Waals surface area contributed by atoms with Gasteiger partial charge >= 0.3 is 0 Å². The SMILES string of the molecule is CCn1cc(C(=O)NC2CCC(CC3CCCCC3)CN2)ccc1=O. The number of aromatic nitrogens is 1. The van der Waals surface area contributed by atoms with E-state index in [0.29, 0.717) is 12.1 Å². The van der Waals surface area contributed by atoms with Crippen LogP contribution in [0, 0.1) is 11.8 Å². The first-order valence-corrected chi connectivity index (χ1v) is 9.90. The Morgan fingerprint density at radius 1 is 1.16 bits per heavy atom. The monoisotopic (exact) mass is 345 g/mol. The summed E-state index contributed by atoms with van der Waals surface area (Å²) in [5.74, 6) is 1.56. The Hall–Kier alpha value is -1.62. The zero-order valence-corrected chi connectivity index (χ0v) is 15.3. The topological polar surface area (TPSA) is 63.1 Å². The van der Waals surface area contributed by atoms with Crippen LogP contribution in [0.25, 0.3) is 0 Å². The molecule has 1 aromatic rings. The standard InChI is InChI=1S/C20H31N3O2/c1-2-23-14-17(9-11-19(23)24)20(25)22-18-10-8-16(13-21-18)12-15-6-4-3-5-7-15/h9,11,14-16,18,21H,2-8,10,12-13H2,1H3,(H,22,25). The summed E-state index contributed by atoms with van der Waals surface area (Å²) in [7, 11) is 0. The summed E-state index contributed by atoms with van der Waals surface area (Å²) in [6.07, 6.45) is 12.2. The number of nitrogens with one attached hydrogen (secondary N) is 2. The second-order valence-corrected chi connectivity index (χ2v) is 7.66. The number of pyridine rings is 1. The van der Waals surface area contributed by atoms with Crippen LogP contribution >= 0.6 is 0 Å². The Kier molecular flexibility index (Phi) is 6.29. The zero-order valence-electron chi connectivity index (χ0n) is 15.3. The second-order valence-electron chi connectivity index (χ2n) is 7.66. The lowest BCUT2D eigenvalue weighted by Crippen LogP contribution is -2.50. The predicted octanol–water partition coefficient (Wildman–Crippen LogP) is 2.89. The van der Waals surface area contributed by atoms with Crippen molar-refractivity contribution in [1.82, 2.24) is 15.2 Å². The van der Waals surface area contributed by atoms with Crippen molar-refractivity contribution in [3.63, 3.8) is 0 Å². The highest BCUT2D eigenvalue weighted by molar-refractivity contribution is 5.94. The molecule has 2 aliphatic rings. The number of hydrogen-bond acceptors (Lipinski definition) is 3. The molecule has 0 bridgehead atoms. The summed E-state index contributed by atoms with van der Waals surface area (Å²) >= 11 is 0. The van der Waals surface area contributed by atoms with E-state index in [4.69, 9.17) is 0 Å². The first kappa shape index (κ1) is 18.2. The molecule has 1 saturated carbocycles. The Morgan fingerprint density at radius 2 is 1.96 bits per heavy atom. The quantitative estimate of drug-likeness (QED) is 0.862. The molecule has 0 spiro atoms. The van der Waals surface area contributed by atoms with Gasteiger partial charge in [0.05, 0.1) is 11.7 Å². The minimum absolute atomic E-state index is 0.0390. The van der Waals surface area contributed by atoms with Crippen LogP contribution < -0.4 is 16.2 Å². The molecule has 1 aliphatic heterocycles. The maximum Gasteiger partial charge on any atom is 0.253 e. The third-order valence-corrected chi connectivity index (χ3v) is 5.80. The number of piperidine rings is 1. The first-order valence-electron chi connectivity index (χ1n) is 9.90. The van der Waals surface area contributed by atoms with E-state index < -0.39 is 0 Å². The molecule has 3 rings (SSSR count). The average Bonchev–Trinajstić information content (AvgIpc) is 2.64. The van der Waals surface area contributed by atoms with Crippen LogP contribution in [0.1, 0.15) is 68.6 Å². The van der Waals surface area contributed by atoms with E-state index in [2.05, 4.69) is 10.6 Å². The van der Waals surface area contributed by atoms with Crippen LogP contribution in [0.15, 0.2) is 23.1 Å². The molecule has 0 aromatic carbocycles. The van der Waals surface area contributed by atoms with Crippen LogP contribution in [0.2, 0.25) is 0 Å². The van der Waals surface area contributed by atoms with E-state index in [1.54, 1.807) is 16.8 Å². The molecule has 5 nitrogen and oxygen atoms in total. The van der Waals surface area contributed by atoms with Gasteiger partial charge in [0.15, 0.2) is 0 Å². The van der Waals surface area contributed by atoms with Crippen molar-refractivity contribution in [2.45, 2.75) is 71.0 Å². The fraction of sp³-hybridized carbons (Fsp3) is 0.700. The number of hydrogen-bond donors (Lipinski definition) is 2. The summed E-state index contributed by atoms with van der Waals surface area (Å²) in [4.78, 5) is 24.1. The molecular formula is C20H31N3O2. The molecule has 2 atom stereocenters. The van der Waals surface area contributed by atoms with E-state index in [-0.39, 0.29) is 17.6 Å². The van der Waals surface area contributed by atoms with Gasteiger partial charge < -0.3 is 9.88 Å². The molecule has 0 radical (unpaired) electrons. The van der Waals surface area contributed by atoms with Crippen LogP contribution in [-0.2, 0) is 6.54 Å². The predicted molar refractivity (Wildman–Crippen MR) is 99.5 cm³/mol. The zero-order chi connectivity index (χ0) is 17.6. The minimum Gasteiger partial charge on any atom is -0.337 e. The fourth-order valence-electron chi connectivity index (χ4n) is 4.29. The summed E-state index contributed by atoms with van der Waals surface area (Å²) in [5.41, 5.74) is 0.480. The molecule has 2 heterocycles. The molecule has 1 aliphatic carbocycles. The molecule has 2 unspecified atom stereocenters. The van der Waals surface area contributed by atoms with Crippen LogP contribution in [0.4, 0.5) is 0 Å². The molecule has 25 heavy (non-hydrogen) atoms. The van der Waals surface area contributed by atoms with Crippen molar-refractivity contribution < 1.29 is 4.79 Å². The van der Waals surface area contributed by atoms with Gasteiger partial charge in [0.1, 0.15) is 0 Å². The van der Waals surface area contributed by atoms with Gasteiger partial charge in [-0.05, 0) is 50.6 Å². The van der Waals surface area contributed by atoms with Crippen molar-refractivity contribution >= 4 is 5.91 Å². The second kappa shape index (κ2) is 8.65. The summed E-state index contributed by atoms with van der Waals surface area (Å²) < 4.78 is 1.56. The van der Waals surface area contributed by atoms with Crippen LogP contribution in [0.3, 0.4) is 0 Å². The van der Waals surface area contributed by atoms with Gasteiger partial charge in [-0.25, -0.2) is 0 Å². The lowest BCUT2D eigenvalue weighted by Gasteiger charge is -2.33. The van der Waals surface area contributed by atoms with Gasteiger partial charge in [-0.1, -0.05) is 32.1 Å². The Labute approximate surface area is 150 Å². The van der Waals surface area contributed by atoms with E-state index >= 15 is 0 Å². The Bertz CT molecular complexity index is 626. The van der Waals surface area contributed by atoms with Crippen molar-refractivity contribution in [2.24, 2.45) is 11.8 Å². The lowest BCUT2D eigenvalue weighted by molar-refractivity contribution is 0.0909. The van der Waals surface area contributed by atoms with Gasteiger partial charge in [0.25, 0.3) is 11.5 Å². The maximum atomic E-state index is 12.4. The van der Waals surface area contributed by atoms with Gasteiger partial charge in [-0.2, -0.15) is 0 Å². The largest absolute Gasteiger partial charge is 0.337 e. The summed E-state index contributed by atoms with van der Waals surface area (Å²) in [6.45, 7) is 3.47. The van der Waals surface area contributed by atoms with Crippen molar-refractivity contribution in [3.8, 4) is 0 Å². The average molecular weight is 345 g/mol. The maximum absolute atomic E-state index is 12.4. The normalized spacial score (nSPS) is 24.8. The minimum atomic E-state index is -0.106. The van der Waals surface area contributed by atoms with E-state index in [0.717, 1.165) is 24.8 Å². The van der Waals surface area contributed by atoms with E-state index in [9.17, 15) is 9.59 Å².